The number of anilines is 2. The molecule has 1 saturated heterocycles. The number of carbonyl (C=O) groups excluding carboxylic acids is 1. The lowest BCUT2D eigenvalue weighted by molar-refractivity contribution is -0.122. The van der Waals surface area contributed by atoms with Crippen molar-refractivity contribution >= 4 is 17.3 Å². The minimum Gasteiger partial charge on any atom is -0.481 e. The van der Waals surface area contributed by atoms with Crippen LogP contribution in [-0.2, 0) is 11.2 Å². The van der Waals surface area contributed by atoms with Crippen LogP contribution in [0.4, 0.5) is 11.4 Å². The smallest absolute Gasteiger partial charge is 0.265 e. The van der Waals surface area contributed by atoms with Crippen LogP contribution >= 0.6 is 0 Å². The summed E-state index contributed by atoms with van der Waals surface area (Å²) in [4.78, 5) is 14.9. The molecular weight excluding hydrogens is 324 g/mol. The molecule has 1 atom stereocenters. The Hall–Kier alpha value is -2.49. The van der Waals surface area contributed by atoms with E-state index in [0.29, 0.717) is 0 Å². The van der Waals surface area contributed by atoms with Crippen LogP contribution < -0.4 is 15.0 Å². The third kappa shape index (κ3) is 4.57. The summed E-state index contributed by atoms with van der Waals surface area (Å²) in [5.41, 5.74) is 3.14. The molecule has 2 aromatic carbocycles. The van der Waals surface area contributed by atoms with Crippen LogP contribution in [0.5, 0.6) is 5.75 Å². The normalized spacial score (nSPS) is 15.4. The molecule has 0 bridgehead atoms. The summed E-state index contributed by atoms with van der Waals surface area (Å²) in [6.07, 6.45) is 4.16. The minimum atomic E-state index is -0.551. The minimum absolute atomic E-state index is 0.137. The van der Waals surface area contributed by atoms with Crippen LogP contribution in [-0.4, -0.2) is 25.1 Å². The molecule has 0 spiro atoms. The maximum Gasteiger partial charge on any atom is 0.265 e. The zero-order valence-corrected chi connectivity index (χ0v) is 15.7. The third-order valence-electron chi connectivity index (χ3n) is 4.88. The van der Waals surface area contributed by atoms with E-state index in [0.717, 1.165) is 36.5 Å². The van der Waals surface area contributed by atoms with Crippen LogP contribution in [0.15, 0.2) is 48.5 Å². The molecule has 26 heavy (non-hydrogen) atoms. The van der Waals surface area contributed by atoms with Gasteiger partial charge in [0.05, 0.1) is 0 Å². The lowest BCUT2D eigenvalue weighted by Crippen LogP contribution is -2.30. The maximum absolute atomic E-state index is 12.5. The Morgan fingerprint density at radius 1 is 1.08 bits per heavy atom. The van der Waals surface area contributed by atoms with E-state index in [-0.39, 0.29) is 5.91 Å². The largest absolute Gasteiger partial charge is 0.481 e. The number of para-hydroxylation sites is 1. The van der Waals surface area contributed by atoms with Gasteiger partial charge in [-0.1, -0.05) is 25.1 Å². The number of rotatable bonds is 6. The highest BCUT2D eigenvalue weighted by Crippen LogP contribution is 2.23. The van der Waals surface area contributed by atoms with Crippen LogP contribution in [0.2, 0.25) is 0 Å². The Kier molecular flexibility index (Phi) is 6.16. The second-order valence-electron chi connectivity index (χ2n) is 6.81. The number of hydrogen-bond acceptors (Lipinski definition) is 3. The maximum atomic E-state index is 12.5. The summed E-state index contributed by atoms with van der Waals surface area (Å²) in [6, 6.07) is 16.0. The zero-order valence-electron chi connectivity index (χ0n) is 15.7. The molecule has 4 nitrogen and oxygen atoms in total. The molecule has 1 N–H and O–H groups in total. The summed E-state index contributed by atoms with van der Waals surface area (Å²) in [5.74, 6) is 0.639. The van der Waals surface area contributed by atoms with Gasteiger partial charge in [-0.05, 0) is 68.5 Å². The first-order valence-electron chi connectivity index (χ1n) is 9.58. The summed E-state index contributed by atoms with van der Waals surface area (Å²) in [6.45, 7) is 6.10. The van der Waals surface area contributed by atoms with Crippen molar-refractivity contribution in [2.75, 3.05) is 23.3 Å². The fourth-order valence-electron chi connectivity index (χ4n) is 3.31. The van der Waals surface area contributed by atoms with E-state index in [9.17, 15) is 4.79 Å². The van der Waals surface area contributed by atoms with Gasteiger partial charge in [0.25, 0.3) is 5.91 Å². The van der Waals surface area contributed by atoms with E-state index in [1.54, 1.807) is 6.92 Å². The fraction of sp³-hybridized carbons (Fsp3) is 0.409. The van der Waals surface area contributed by atoms with Crippen LogP contribution in [0, 0.1) is 0 Å². The summed E-state index contributed by atoms with van der Waals surface area (Å²) >= 11 is 0. The van der Waals surface area contributed by atoms with Gasteiger partial charge < -0.3 is 15.0 Å². The predicted octanol–water partition coefficient (Wildman–Crippen LogP) is 4.65. The second-order valence-corrected chi connectivity index (χ2v) is 6.81. The quantitative estimate of drug-likeness (QED) is 0.823. The van der Waals surface area contributed by atoms with Crippen molar-refractivity contribution < 1.29 is 9.53 Å². The van der Waals surface area contributed by atoms with E-state index >= 15 is 0 Å². The van der Waals surface area contributed by atoms with Crippen molar-refractivity contribution in [3.05, 3.63) is 54.1 Å². The molecule has 1 amide bonds. The van der Waals surface area contributed by atoms with Gasteiger partial charge in [0.2, 0.25) is 0 Å². The monoisotopic (exact) mass is 352 g/mol. The van der Waals surface area contributed by atoms with Crippen molar-refractivity contribution in [2.24, 2.45) is 0 Å². The van der Waals surface area contributed by atoms with E-state index in [1.165, 1.54) is 24.9 Å². The molecule has 1 aliphatic heterocycles. The molecule has 4 heteroatoms. The van der Waals surface area contributed by atoms with Gasteiger partial charge in [0.1, 0.15) is 5.75 Å². The fourth-order valence-corrected chi connectivity index (χ4v) is 3.31. The standard InChI is InChI=1S/C22H28N2O2/c1-3-18-9-5-6-10-21(18)26-17(2)22(25)23-19-11-13-20(14-12-19)24-15-7-4-8-16-24/h5-6,9-14,17H,3-4,7-8,15-16H2,1-2H3,(H,23,25)/t17-/m1/s1. The molecular formula is C22H28N2O2. The summed E-state index contributed by atoms with van der Waals surface area (Å²) in [7, 11) is 0. The summed E-state index contributed by atoms with van der Waals surface area (Å²) in [5, 5.41) is 2.95. The number of piperidine rings is 1. The number of nitrogens with one attached hydrogen (secondary N) is 1. The Morgan fingerprint density at radius 3 is 2.46 bits per heavy atom. The Morgan fingerprint density at radius 2 is 1.77 bits per heavy atom. The van der Waals surface area contributed by atoms with Gasteiger partial charge in [-0.15, -0.1) is 0 Å². The van der Waals surface area contributed by atoms with E-state index in [4.69, 9.17) is 4.74 Å². The number of aryl methyl sites for hydroxylation is 1. The molecule has 3 rings (SSSR count). The van der Waals surface area contributed by atoms with Gasteiger partial charge in [0.15, 0.2) is 6.10 Å². The topological polar surface area (TPSA) is 41.6 Å². The Balaban J connectivity index is 1.58. The third-order valence-corrected chi connectivity index (χ3v) is 4.88. The van der Waals surface area contributed by atoms with Gasteiger partial charge in [-0.3, -0.25) is 4.79 Å². The highest BCUT2D eigenvalue weighted by Gasteiger charge is 2.16. The van der Waals surface area contributed by atoms with Crippen molar-refractivity contribution in [3.8, 4) is 5.75 Å². The van der Waals surface area contributed by atoms with Gasteiger partial charge in [-0.2, -0.15) is 0 Å². The van der Waals surface area contributed by atoms with Gasteiger partial charge >= 0.3 is 0 Å². The molecule has 0 aromatic heterocycles. The molecule has 0 radical (unpaired) electrons. The molecule has 0 unspecified atom stereocenters. The Bertz CT molecular complexity index is 721. The molecule has 138 valence electrons. The van der Waals surface area contributed by atoms with E-state index in [2.05, 4.69) is 29.3 Å². The molecule has 0 aliphatic carbocycles. The average molecular weight is 352 g/mol. The molecule has 1 heterocycles. The molecule has 1 aliphatic rings. The van der Waals surface area contributed by atoms with Crippen molar-refractivity contribution in [2.45, 2.75) is 45.6 Å². The number of benzene rings is 2. The molecule has 0 saturated carbocycles. The second kappa shape index (κ2) is 8.75. The molecule has 1 fully saturated rings. The van der Waals surface area contributed by atoms with Gasteiger partial charge in [-0.25, -0.2) is 0 Å². The summed E-state index contributed by atoms with van der Waals surface area (Å²) < 4.78 is 5.87. The average Bonchev–Trinajstić information content (AvgIpc) is 2.69. The van der Waals surface area contributed by atoms with Crippen LogP contribution in [0.1, 0.15) is 38.7 Å². The number of hydrogen-bond donors (Lipinski definition) is 1. The first-order chi connectivity index (χ1) is 12.7. The predicted molar refractivity (Wildman–Crippen MR) is 107 cm³/mol. The van der Waals surface area contributed by atoms with Crippen molar-refractivity contribution in [1.29, 1.82) is 0 Å². The first-order valence-corrected chi connectivity index (χ1v) is 9.58. The highest BCUT2D eigenvalue weighted by molar-refractivity contribution is 5.94. The number of nitrogens with zero attached hydrogens (tertiary/aromatic N) is 1. The van der Waals surface area contributed by atoms with Gasteiger partial charge in [0, 0.05) is 24.5 Å². The van der Waals surface area contributed by atoms with Crippen molar-refractivity contribution in [3.63, 3.8) is 0 Å². The SMILES string of the molecule is CCc1ccccc1O[C@H](C)C(=O)Nc1ccc(N2CCCCC2)cc1. The number of ether oxygens (including phenoxy) is 1. The van der Waals surface area contributed by atoms with E-state index < -0.39 is 6.10 Å². The zero-order chi connectivity index (χ0) is 18.4. The highest BCUT2D eigenvalue weighted by atomic mass is 16.5. The molecule has 2 aromatic rings. The van der Waals surface area contributed by atoms with Crippen LogP contribution in [0.3, 0.4) is 0 Å². The number of carbonyl (C=O) groups is 1. The van der Waals surface area contributed by atoms with Crippen molar-refractivity contribution in [1.82, 2.24) is 0 Å². The first kappa shape index (κ1) is 18.3. The Labute approximate surface area is 156 Å². The lowest BCUT2D eigenvalue weighted by Gasteiger charge is -2.28. The lowest BCUT2D eigenvalue weighted by atomic mass is 10.1. The van der Waals surface area contributed by atoms with Crippen LogP contribution in [0.25, 0.3) is 0 Å². The van der Waals surface area contributed by atoms with E-state index in [1.807, 2.05) is 36.4 Å². The number of amides is 1.